The van der Waals surface area contributed by atoms with Crippen LogP contribution in [0.5, 0.6) is 0 Å². The van der Waals surface area contributed by atoms with E-state index in [9.17, 15) is 0 Å². The largest absolute Gasteiger partial charge is 0.396 e. The minimum Gasteiger partial charge on any atom is -0.396 e. The van der Waals surface area contributed by atoms with Crippen molar-refractivity contribution in [3.63, 3.8) is 0 Å². The molecule has 0 atom stereocenters. The zero-order valence-corrected chi connectivity index (χ0v) is 9.67. The van der Waals surface area contributed by atoms with Crippen LogP contribution in [0.15, 0.2) is 12.1 Å². The molecule has 80 valence electrons. The van der Waals surface area contributed by atoms with Gasteiger partial charge in [-0.15, -0.1) is 0 Å². The maximum absolute atomic E-state index is 8.96. The first kappa shape index (κ1) is 11.3. The monoisotopic (exact) mass is 195 g/mol. The molecule has 1 aromatic rings. The zero-order chi connectivity index (χ0) is 10.8. The number of rotatable bonds is 4. The molecule has 0 aliphatic carbocycles. The Morgan fingerprint density at radius 1 is 1.21 bits per heavy atom. The van der Waals surface area contributed by atoms with E-state index in [0.29, 0.717) is 0 Å². The van der Waals surface area contributed by atoms with Crippen molar-refractivity contribution in [2.75, 3.05) is 6.61 Å². The van der Waals surface area contributed by atoms with Gasteiger partial charge in [-0.2, -0.15) is 0 Å². The zero-order valence-electron chi connectivity index (χ0n) is 9.67. The molecule has 0 aromatic carbocycles. The van der Waals surface area contributed by atoms with Gasteiger partial charge in [-0.3, -0.25) is 0 Å². The summed E-state index contributed by atoms with van der Waals surface area (Å²) in [5.74, 6) is 0. The molecule has 0 radical (unpaired) electrons. The van der Waals surface area contributed by atoms with Gasteiger partial charge in [0.2, 0.25) is 0 Å². The highest BCUT2D eigenvalue weighted by molar-refractivity contribution is 5.13. The van der Waals surface area contributed by atoms with Gasteiger partial charge in [0.05, 0.1) is 0 Å². The summed E-state index contributed by atoms with van der Waals surface area (Å²) < 4.78 is 2.32. The molecule has 14 heavy (non-hydrogen) atoms. The van der Waals surface area contributed by atoms with Crippen LogP contribution in [0.3, 0.4) is 0 Å². The minimum atomic E-state index is 0.170. The van der Waals surface area contributed by atoms with Crippen LogP contribution in [0.4, 0.5) is 0 Å². The summed E-state index contributed by atoms with van der Waals surface area (Å²) in [6.07, 6.45) is 0.851. The van der Waals surface area contributed by atoms with Crippen LogP contribution >= 0.6 is 0 Å². The van der Waals surface area contributed by atoms with Crippen LogP contribution in [0.1, 0.15) is 31.7 Å². The lowest BCUT2D eigenvalue weighted by Crippen LogP contribution is -2.22. The summed E-state index contributed by atoms with van der Waals surface area (Å²) >= 11 is 0. The van der Waals surface area contributed by atoms with Gasteiger partial charge in [0.25, 0.3) is 0 Å². The van der Waals surface area contributed by atoms with Crippen LogP contribution in [0.25, 0.3) is 0 Å². The van der Waals surface area contributed by atoms with Crippen LogP contribution in [0, 0.1) is 19.3 Å². The molecule has 1 heterocycles. The Balaban J connectivity index is 2.77. The SMILES string of the molecule is Cc1ccc(C)n1CC(C)(C)CCO. The number of nitrogens with zero attached hydrogens (tertiary/aromatic N) is 1. The van der Waals surface area contributed by atoms with E-state index in [4.69, 9.17) is 5.11 Å². The van der Waals surface area contributed by atoms with E-state index in [2.05, 4.69) is 44.4 Å². The van der Waals surface area contributed by atoms with E-state index in [1.165, 1.54) is 11.4 Å². The van der Waals surface area contributed by atoms with E-state index in [1.54, 1.807) is 0 Å². The maximum Gasteiger partial charge on any atom is 0.0436 e. The van der Waals surface area contributed by atoms with Crippen molar-refractivity contribution in [1.29, 1.82) is 0 Å². The smallest absolute Gasteiger partial charge is 0.0436 e. The molecule has 1 rings (SSSR count). The first-order chi connectivity index (χ1) is 6.46. The second-order valence-corrected chi connectivity index (χ2v) is 4.84. The van der Waals surface area contributed by atoms with E-state index >= 15 is 0 Å². The minimum absolute atomic E-state index is 0.170. The molecule has 0 aliphatic heterocycles. The molecule has 1 aromatic heterocycles. The standard InChI is InChI=1S/C12H21NO/c1-10-5-6-11(2)13(10)9-12(3,4)7-8-14/h5-6,14H,7-9H2,1-4H3. The molecule has 1 N–H and O–H groups in total. The number of hydrogen-bond acceptors (Lipinski definition) is 1. The van der Waals surface area contributed by atoms with Gasteiger partial charge in [0, 0.05) is 24.5 Å². The van der Waals surface area contributed by atoms with E-state index < -0.39 is 0 Å². The summed E-state index contributed by atoms with van der Waals surface area (Å²) in [7, 11) is 0. The molecule has 2 heteroatoms. The van der Waals surface area contributed by atoms with Crippen LogP contribution in [-0.4, -0.2) is 16.3 Å². The van der Waals surface area contributed by atoms with Gasteiger partial charge in [-0.1, -0.05) is 13.8 Å². The van der Waals surface area contributed by atoms with Crippen molar-refractivity contribution in [1.82, 2.24) is 4.57 Å². The molecule has 0 saturated heterocycles. The van der Waals surface area contributed by atoms with Gasteiger partial charge in [0.15, 0.2) is 0 Å². The average molecular weight is 195 g/mol. The topological polar surface area (TPSA) is 25.2 Å². The first-order valence-corrected chi connectivity index (χ1v) is 5.20. The Kier molecular flexibility index (Phi) is 3.38. The lowest BCUT2D eigenvalue weighted by atomic mass is 9.89. The van der Waals surface area contributed by atoms with Crippen LogP contribution in [0.2, 0.25) is 0 Å². The fourth-order valence-corrected chi connectivity index (χ4v) is 1.76. The summed E-state index contributed by atoms with van der Waals surface area (Å²) in [6.45, 7) is 9.90. The molecular weight excluding hydrogens is 174 g/mol. The van der Waals surface area contributed by atoms with E-state index in [-0.39, 0.29) is 12.0 Å². The summed E-state index contributed by atoms with van der Waals surface area (Å²) in [6, 6.07) is 4.29. The van der Waals surface area contributed by atoms with Crippen molar-refractivity contribution in [3.8, 4) is 0 Å². The van der Waals surface area contributed by atoms with Crippen molar-refractivity contribution in [3.05, 3.63) is 23.5 Å². The third-order valence-electron chi connectivity index (χ3n) is 2.79. The van der Waals surface area contributed by atoms with Gasteiger partial charge in [-0.25, -0.2) is 0 Å². The summed E-state index contributed by atoms with van der Waals surface area (Å²) in [5.41, 5.74) is 2.77. The van der Waals surface area contributed by atoms with Crippen molar-refractivity contribution < 1.29 is 5.11 Å². The molecular formula is C12H21NO. The van der Waals surface area contributed by atoms with Gasteiger partial charge >= 0.3 is 0 Å². The Bertz CT molecular complexity index is 280. The van der Waals surface area contributed by atoms with Crippen molar-refractivity contribution in [2.45, 2.75) is 40.7 Å². The first-order valence-electron chi connectivity index (χ1n) is 5.20. The highest BCUT2D eigenvalue weighted by Crippen LogP contribution is 2.24. The molecule has 0 bridgehead atoms. The molecule has 0 fully saturated rings. The van der Waals surface area contributed by atoms with Crippen LogP contribution < -0.4 is 0 Å². The molecule has 0 aliphatic rings. The Morgan fingerprint density at radius 2 is 1.71 bits per heavy atom. The highest BCUT2D eigenvalue weighted by atomic mass is 16.3. The van der Waals surface area contributed by atoms with E-state index in [0.717, 1.165) is 13.0 Å². The summed E-state index contributed by atoms with van der Waals surface area (Å²) in [4.78, 5) is 0. The third kappa shape index (κ3) is 2.61. The second-order valence-electron chi connectivity index (χ2n) is 4.84. The quantitative estimate of drug-likeness (QED) is 0.784. The normalized spacial score (nSPS) is 12.1. The van der Waals surface area contributed by atoms with Crippen LogP contribution in [-0.2, 0) is 6.54 Å². The number of hydrogen-bond donors (Lipinski definition) is 1. The average Bonchev–Trinajstić information content (AvgIpc) is 2.35. The van der Waals surface area contributed by atoms with Gasteiger partial charge in [-0.05, 0) is 37.8 Å². The number of aryl methyl sites for hydroxylation is 2. The van der Waals surface area contributed by atoms with E-state index in [1.807, 2.05) is 0 Å². The van der Waals surface area contributed by atoms with Crippen molar-refractivity contribution in [2.24, 2.45) is 5.41 Å². The number of aliphatic hydroxyl groups is 1. The predicted molar refractivity (Wildman–Crippen MR) is 59.4 cm³/mol. The van der Waals surface area contributed by atoms with Gasteiger partial charge in [0.1, 0.15) is 0 Å². The molecule has 0 spiro atoms. The Hall–Kier alpha value is -0.760. The third-order valence-corrected chi connectivity index (χ3v) is 2.79. The highest BCUT2D eigenvalue weighted by Gasteiger charge is 2.19. The van der Waals surface area contributed by atoms with Crippen molar-refractivity contribution >= 4 is 0 Å². The number of aliphatic hydroxyl groups excluding tert-OH is 1. The molecule has 0 saturated carbocycles. The predicted octanol–water partition coefficient (Wildman–Crippen LogP) is 2.51. The molecule has 0 amide bonds. The lowest BCUT2D eigenvalue weighted by molar-refractivity contribution is 0.191. The second kappa shape index (κ2) is 4.18. The Labute approximate surface area is 86.6 Å². The molecule has 0 unspecified atom stereocenters. The lowest BCUT2D eigenvalue weighted by Gasteiger charge is -2.26. The maximum atomic E-state index is 8.96. The molecule has 2 nitrogen and oxygen atoms in total. The summed E-state index contributed by atoms with van der Waals surface area (Å²) in [5, 5.41) is 8.96. The number of aromatic nitrogens is 1. The van der Waals surface area contributed by atoms with Gasteiger partial charge < -0.3 is 9.67 Å². The fourth-order valence-electron chi connectivity index (χ4n) is 1.76. The fraction of sp³-hybridized carbons (Fsp3) is 0.667. The Morgan fingerprint density at radius 3 is 2.14 bits per heavy atom.